The Morgan fingerprint density at radius 3 is 2.59 bits per heavy atom. The van der Waals surface area contributed by atoms with Gasteiger partial charge in [0, 0.05) is 18.6 Å². The summed E-state index contributed by atoms with van der Waals surface area (Å²) < 4.78 is 0. The highest BCUT2D eigenvalue weighted by Crippen LogP contribution is 2.31. The Balaban J connectivity index is 2.34. The van der Waals surface area contributed by atoms with E-state index in [-0.39, 0.29) is 10.6 Å². The van der Waals surface area contributed by atoms with Crippen molar-refractivity contribution in [3.63, 3.8) is 0 Å². The van der Waals surface area contributed by atoms with Crippen molar-refractivity contribution in [3.05, 3.63) is 41.3 Å². The van der Waals surface area contributed by atoms with Gasteiger partial charge >= 0.3 is 5.97 Å². The van der Waals surface area contributed by atoms with Crippen LogP contribution in [-0.4, -0.2) is 26.0 Å². The zero-order valence-corrected chi connectivity index (χ0v) is 9.94. The van der Waals surface area contributed by atoms with E-state index in [2.05, 4.69) is 15.0 Å². The van der Waals surface area contributed by atoms with E-state index >= 15 is 0 Å². The third-order valence-corrected chi connectivity index (χ3v) is 3.21. The molecule has 0 aliphatic rings. The monoisotopic (exact) mass is 267 g/mol. The van der Waals surface area contributed by atoms with Crippen molar-refractivity contribution >= 4 is 29.3 Å². The number of nitrogens with zero attached hydrogens (tertiary/aromatic N) is 3. The van der Waals surface area contributed by atoms with Gasteiger partial charge in [0.05, 0.1) is 10.6 Å². The van der Waals surface area contributed by atoms with Crippen molar-refractivity contribution in [2.45, 2.75) is 10.2 Å². The Bertz CT molecular complexity index is 551. The third-order valence-electron chi connectivity index (χ3n) is 1.82. The molecule has 0 fully saturated rings. The van der Waals surface area contributed by atoms with Crippen molar-refractivity contribution in [2.75, 3.05) is 0 Å². The van der Waals surface area contributed by atoms with Crippen molar-refractivity contribution in [2.24, 2.45) is 0 Å². The van der Waals surface area contributed by atoms with Gasteiger partial charge in [-0.3, -0.25) is 0 Å². The SMILES string of the molecule is O=C(O)c1ccnc(Sc2ncccn2)c1Cl. The summed E-state index contributed by atoms with van der Waals surface area (Å²) >= 11 is 7.05. The molecule has 1 N–H and O–H groups in total. The number of carboxylic acid groups (broad SMARTS) is 1. The number of carboxylic acids is 1. The van der Waals surface area contributed by atoms with Crippen LogP contribution in [0.1, 0.15) is 10.4 Å². The van der Waals surface area contributed by atoms with Gasteiger partial charge in [-0.2, -0.15) is 0 Å². The molecule has 2 heterocycles. The second-order valence-electron chi connectivity index (χ2n) is 2.92. The van der Waals surface area contributed by atoms with E-state index in [1.165, 1.54) is 12.3 Å². The Kier molecular flexibility index (Phi) is 3.55. The summed E-state index contributed by atoms with van der Waals surface area (Å²) in [5.41, 5.74) is 0.0140. The van der Waals surface area contributed by atoms with Crippen molar-refractivity contribution < 1.29 is 9.90 Å². The summed E-state index contributed by atoms with van der Waals surface area (Å²) in [4.78, 5) is 22.9. The molecular weight excluding hydrogens is 262 g/mol. The molecule has 0 saturated heterocycles. The van der Waals surface area contributed by atoms with E-state index in [4.69, 9.17) is 16.7 Å². The molecule has 0 aliphatic heterocycles. The topological polar surface area (TPSA) is 76.0 Å². The first-order valence-electron chi connectivity index (χ1n) is 4.51. The molecular formula is C10H6ClN3O2S. The van der Waals surface area contributed by atoms with Gasteiger partial charge < -0.3 is 5.11 Å². The molecule has 0 aromatic carbocycles. The fraction of sp³-hybridized carbons (Fsp3) is 0. The van der Waals surface area contributed by atoms with Crippen LogP contribution in [-0.2, 0) is 0 Å². The van der Waals surface area contributed by atoms with Gasteiger partial charge in [-0.25, -0.2) is 19.7 Å². The van der Waals surface area contributed by atoms with Gasteiger partial charge in [0.25, 0.3) is 0 Å². The van der Waals surface area contributed by atoms with Crippen LogP contribution in [0.5, 0.6) is 0 Å². The highest BCUT2D eigenvalue weighted by Gasteiger charge is 2.14. The number of pyridine rings is 1. The van der Waals surface area contributed by atoms with Crippen LogP contribution in [0.3, 0.4) is 0 Å². The maximum absolute atomic E-state index is 10.9. The van der Waals surface area contributed by atoms with Crippen LogP contribution in [0.25, 0.3) is 0 Å². The lowest BCUT2D eigenvalue weighted by molar-refractivity contribution is 0.0696. The molecule has 0 spiro atoms. The lowest BCUT2D eigenvalue weighted by Gasteiger charge is -2.03. The predicted octanol–water partition coefficient (Wildman–Crippen LogP) is 2.37. The van der Waals surface area contributed by atoms with E-state index in [1.807, 2.05) is 0 Å². The summed E-state index contributed by atoms with van der Waals surface area (Å²) in [6, 6.07) is 3.04. The molecule has 2 aromatic rings. The summed E-state index contributed by atoms with van der Waals surface area (Å²) in [6.07, 6.45) is 4.56. The van der Waals surface area contributed by atoms with Gasteiger partial charge in [0.1, 0.15) is 5.03 Å². The van der Waals surface area contributed by atoms with Crippen LogP contribution in [0.4, 0.5) is 0 Å². The average molecular weight is 268 g/mol. The minimum Gasteiger partial charge on any atom is -0.478 e. The number of hydrogen-bond donors (Lipinski definition) is 1. The van der Waals surface area contributed by atoms with E-state index in [0.29, 0.717) is 10.2 Å². The number of aromatic carboxylic acids is 1. The average Bonchev–Trinajstić information content (AvgIpc) is 2.33. The number of rotatable bonds is 3. The summed E-state index contributed by atoms with van der Waals surface area (Å²) in [7, 11) is 0. The molecule has 17 heavy (non-hydrogen) atoms. The van der Waals surface area contributed by atoms with Crippen molar-refractivity contribution in [3.8, 4) is 0 Å². The largest absolute Gasteiger partial charge is 0.478 e. The van der Waals surface area contributed by atoms with E-state index < -0.39 is 5.97 Å². The van der Waals surface area contributed by atoms with Crippen LogP contribution in [0.2, 0.25) is 5.02 Å². The number of hydrogen-bond acceptors (Lipinski definition) is 5. The second-order valence-corrected chi connectivity index (χ2v) is 4.25. The standard InChI is InChI=1S/C10H6ClN3O2S/c11-7-6(9(15)16)2-5-12-8(7)17-10-13-3-1-4-14-10/h1-5H,(H,15,16). The smallest absolute Gasteiger partial charge is 0.337 e. The van der Waals surface area contributed by atoms with Gasteiger partial charge in [-0.1, -0.05) is 11.6 Å². The first kappa shape index (κ1) is 11.8. The molecule has 86 valence electrons. The molecule has 0 unspecified atom stereocenters. The number of aromatic nitrogens is 3. The summed E-state index contributed by atoms with van der Waals surface area (Å²) in [6.45, 7) is 0. The molecule has 2 aromatic heterocycles. The highest BCUT2D eigenvalue weighted by molar-refractivity contribution is 7.99. The highest BCUT2D eigenvalue weighted by atomic mass is 35.5. The zero-order chi connectivity index (χ0) is 12.3. The van der Waals surface area contributed by atoms with Crippen LogP contribution < -0.4 is 0 Å². The predicted molar refractivity (Wildman–Crippen MR) is 62.4 cm³/mol. The Hall–Kier alpha value is -1.66. The zero-order valence-electron chi connectivity index (χ0n) is 8.37. The molecule has 0 radical (unpaired) electrons. The molecule has 7 heteroatoms. The molecule has 0 bridgehead atoms. The lowest BCUT2D eigenvalue weighted by Crippen LogP contribution is -1.99. The van der Waals surface area contributed by atoms with Gasteiger partial charge in [0.15, 0.2) is 5.16 Å². The Morgan fingerprint density at radius 1 is 1.24 bits per heavy atom. The third kappa shape index (κ3) is 2.72. The molecule has 0 atom stereocenters. The van der Waals surface area contributed by atoms with Crippen LogP contribution in [0, 0.1) is 0 Å². The van der Waals surface area contributed by atoms with Gasteiger partial charge in [-0.15, -0.1) is 0 Å². The van der Waals surface area contributed by atoms with Gasteiger partial charge in [0.2, 0.25) is 0 Å². The van der Waals surface area contributed by atoms with E-state index in [0.717, 1.165) is 11.8 Å². The fourth-order valence-electron chi connectivity index (χ4n) is 1.09. The Labute approximate surface area is 106 Å². The molecule has 2 rings (SSSR count). The normalized spacial score (nSPS) is 10.2. The minimum atomic E-state index is -1.09. The first-order chi connectivity index (χ1) is 8.18. The first-order valence-corrected chi connectivity index (χ1v) is 5.70. The fourth-order valence-corrected chi connectivity index (χ4v) is 2.11. The minimum absolute atomic E-state index is 0.0140. The Morgan fingerprint density at radius 2 is 1.94 bits per heavy atom. The van der Waals surface area contributed by atoms with E-state index in [9.17, 15) is 4.79 Å². The van der Waals surface area contributed by atoms with E-state index in [1.54, 1.807) is 18.5 Å². The maximum Gasteiger partial charge on any atom is 0.337 e. The quantitative estimate of drug-likeness (QED) is 0.861. The molecule has 0 amide bonds. The summed E-state index contributed by atoms with van der Waals surface area (Å²) in [5.74, 6) is -1.09. The van der Waals surface area contributed by atoms with Gasteiger partial charge in [-0.05, 0) is 23.9 Å². The number of carbonyl (C=O) groups is 1. The van der Waals surface area contributed by atoms with Crippen molar-refractivity contribution in [1.82, 2.24) is 15.0 Å². The van der Waals surface area contributed by atoms with Crippen molar-refractivity contribution in [1.29, 1.82) is 0 Å². The lowest BCUT2D eigenvalue weighted by atomic mass is 10.3. The maximum atomic E-state index is 10.9. The number of halogens is 1. The second kappa shape index (κ2) is 5.11. The van der Waals surface area contributed by atoms with Crippen LogP contribution in [0.15, 0.2) is 40.9 Å². The van der Waals surface area contributed by atoms with Crippen LogP contribution >= 0.6 is 23.4 Å². The molecule has 0 aliphatic carbocycles. The molecule has 5 nitrogen and oxygen atoms in total. The summed E-state index contributed by atoms with van der Waals surface area (Å²) in [5, 5.41) is 9.83. The molecule has 0 saturated carbocycles.